The van der Waals surface area contributed by atoms with Gasteiger partial charge >= 0.3 is 0 Å². The molecule has 374 valence electrons. The van der Waals surface area contributed by atoms with Crippen molar-refractivity contribution in [3.05, 3.63) is 102 Å². The number of carbonyl (C=O) groups excluding carboxylic acids is 4. The summed E-state index contributed by atoms with van der Waals surface area (Å²) in [4.78, 5) is 68.3. The number of benzene rings is 4. The molecule has 4 aromatic carbocycles. The molecule has 0 radical (unpaired) electrons. The molecule has 0 aliphatic carbocycles. The molecule has 3 saturated heterocycles. The van der Waals surface area contributed by atoms with Gasteiger partial charge in [0.05, 0.1) is 41.5 Å². The Balaban J connectivity index is 0.790. The second-order valence-corrected chi connectivity index (χ2v) is 22.7. The largest absolute Gasteiger partial charge is 0.494 e. The fourth-order valence-electron chi connectivity index (χ4n) is 10.7. The number of piperazine rings is 1. The summed E-state index contributed by atoms with van der Waals surface area (Å²) in [5.41, 5.74) is 5.62. The summed E-state index contributed by atoms with van der Waals surface area (Å²) >= 11 is 0. The van der Waals surface area contributed by atoms with Gasteiger partial charge in [-0.1, -0.05) is 37.3 Å². The number of fused-ring (bicyclic) bond motifs is 2. The number of aromatic nitrogens is 4. The van der Waals surface area contributed by atoms with Crippen LogP contribution in [0.3, 0.4) is 0 Å². The first-order chi connectivity index (χ1) is 34.7. The van der Waals surface area contributed by atoms with Crippen LogP contribution in [0.1, 0.15) is 65.3 Å². The molecule has 1 atom stereocenters. The van der Waals surface area contributed by atoms with Crippen molar-refractivity contribution in [1.82, 2.24) is 34.9 Å². The Morgan fingerprint density at radius 2 is 1.57 bits per heavy atom. The van der Waals surface area contributed by atoms with Crippen LogP contribution in [0.15, 0.2) is 79.3 Å². The minimum Gasteiger partial charge on any atom is -0.494 e. The molecule has 4 amide bonds. The molecule has 6 heterocycles. The van der Waals surface area contributed by atoms with Gasteiger partial charge in [-0.05, 0) is 92.9 Å². The first kappa shape index (κ1) is 48.5. The first-order valence-corrected chi connectivity index (χ1v) is 27.2. The molecule has 0 spiro atoms. The summed E-state index contributed by atoms with van der Waals surface area (Å²) < 4.78 is 37.2. The molecule has 0 saturated carbocycles. The van der Waals surface area contributed by atoms with Crippen LogP contribution >= 0.6 is 7.14 Å². The lowest BCUT2D eigenvalue weighted by molar-refractivity contribution is -0.136. The summed E-state index contributed by atoms with van der Waals surface area (Å²) in [6.07, 6.45) is 9.14. The van der Waals surface area contributed by atoms with Crippen LogP contribution in [0.4, 0.5) is 38.9 Å². The smallest absolute Gasteiger partial charge is 0.262 e. The summed E-state index contributed by atoms with van der Waals surface area (Å²) in [6.45, 7) is 11.1. The van der Waals surface area contributed by atoms with Crippen LogP contribution in [-0.4, -0.2) is 125 Å². The molecule has 3 N–H and O–H groups in total. The average molecular weight is 996 g/mol. The molecular weight excluding hydrogens is 937 g/mol. The number of imide groups is 2. The lowest BCUT2D eigenvalue weighted by Crippen LogP contribution is -2.54. The van der Waals surface area contributed by atoms with Gasteiger partial charge in [0, 0.05) is 98.9 Å². The number of hydrogen-bond donors (Lipinski definition) is 3. The van der Waals surface area contributed by atoms with Crippen molar-refractivity contribution in [1.29, 1.82) is 0 Å². The standard InChI is InChI=1S/C53H59FN11O6P/c1-6-33-29-55-53(60-49(33)57-41-12-11-34-9-7-8-10-36(34)48(41)72(4,5)70)58-42-26-37(35-30-56-61(2)31-35)44(28-46(42)71-3)64-23-21-62(22-24-64)18-15-32-16-19-63(20-17-32)45-27-39-38(25-40(45)54)51(68)65(52(39)69)43-13-14-47(66)59-50(43)67/h7-12,25-32,43H,6,13-24H2,1-5H3,(H,59,66,67)(H2,55,57,58,60). The highest BCUT2D eigenvalue weighted by Gasteiger charge is 2.45. The lowest BCUT2D eigenvalue weighted by atomic mass is 9.92. The third-order valence-electron chi connectivity index (χ3n) is 14.5. The monoisotopic (exact) mass is 995 g/mol. The zero-order valence-corrected chi connectivity index (χ0v) is 42.1. The van der Waals surface area contributed by atoms with Gasteiger partial charge in [-0.2, -0.15) is 10.1 Å². The molecule has 6 aromatic rings. The van der Waals surface area contributed by atoms with Gasteiger partial charge in [-0.3, -0.25) is 39.0 Å². The summed E-state index contributed by atoms with van der Waals surface area (Å²) in [7, 11) is 0.844. The number of piperidine rings is 2. The van der Waals surface area contributed by atoms with E-state index in [0.29, 0.717) is 48.6 Å². The summed E-state index contributed by atoms with van der Waals surface area (Å²) in [6, 6.07) is 17.6. The quantitative estimate of drug-likeness (QED) is 0.0729. The highest BCUT2D eigenvalue weighted by Crippen LogP contribution is 2.43. The maximum absolute atomic E-state index is 15.6. The van der Waals surface area contributed by atoms with Gasteiger partial charge in [0.1, 0.15) is 30.6 Å². The fourth-order valence-corrected chi connectivity index (χ4v) is 12.2. The van der Waals surface area contributed by atoms with Gasteiger partial charge in [0.15, 0.2) is 0 Å². The number of nitrogens with zero attached hydrogens (tertiary/aromatic N) is 8. The van der Waals surface area contributed by atoms with Gasteiger partial charge in [-0.15, -0.1) is 0 Å². The zero-order valence-electron chi connectivity index (χ0n) is 41.2. The SMILES string of the molecule is CCc1cnc(Nc2cc(-c3cnn(C)c3)c(N3CCN(CCC4CCN(c5cc6c(cc5F)C(=O)N(C5CCC(=O)NC5=O)C6=O)CC4)CC3)cc2OC)nc1Nc1ccc2ccccc2c1P(C)(C)=O. The lowest BCUT2D eigenvalue weighted by Gasteiger charge is -2.39. The molecule has 10 rings (SSSR count). The van der Waals surface area contributed by atoms with Crippen LogP contribution < -0.4 is 35.8 Å². The highest BCUT2D eigenvalue weighted by atomic mass is 31.2. The minimum absolute atomic E-state index is 0.0140. The molecule has 2 aromatic heterocycles. The zero-order chi connectivity index (χ0) is 50.4. The molecule has 0 bridgehead atoms. The van der Waals surface area contributed by atoms with Crippen molar-refractivity contribution >= 4 is 81.4 Å². The number of methoxy groups -OCH3 is 1. The number of halogens is 1. The number of ether oxygens (including phenoxy) is 1. The number of nitrogens with one attached hydrogen (secondary N) is 3. The van der Waals surface area contributed by atoms with E-state index >= 15 is 4.39 Å². The number of anilines is 6. The summed E-state index contributed by atoms with van der Waals surface area (Å²) in [5.74, 6) is -1.02. The van der Waals surface area contributed by atoms with Crippen LogP contribution in [0.5, 0.6) is 5.75 Å². The van der Waals surface area contributed by atoms with Crippen LogP contribution in [0, 0.1) is 11.7 Å². The van der Waals surface area contributed by atoms with E-state index in [1.54, 1.807) is 25.1 Å². The van der Waals surface area contributed by atoms with Crippen molar-refractivity contribution in [3.63, 3.8) is 0 Å². The molecule has 4 aliphatic heterocycles. The number of aryl methyl sites for hydroxylation is 2. The van der Waals surface area contributed by atoms with Gasteiger partial charge in [-0.25, -0.2) is 9.37 Å². The van der Waals surface area contributed by atoms with E-state index < -0.39 is 42.6 Å². The Morgan fingerprint density at radius 1 is 0.833 bits per heavy atom. The predicted octanol–water partition coefficient (Wildman–Crippen LogP) is 7.31. The van der Waals surface area contributed by atoms with E-state index in [9.17, 15) is 23.7 Å². The third-order valence-corrected chi connectivity index (χ3v) is 16.1. The van der Waals surface area contributed by atoms with Crippen molar-refractivity contribution in [2.75, 3.05) is 86.7 Å². The van der Waals surface area contributed by atoms with Gasteiger partial charge in [0.25, 0.3) is 11.8 Å². The van der Waals surface area contributed by atoms with E-state index in [1.807, 2.05) is 66.9 Å². The van der Waals surface area contributed by atoms with E-state index in [2.05, 4.69) is 49.9 Å². The van der Waals surface area contributed by atoms with Crippen molar-refractivity contribution in [2.45, 2.75) is 51.5 Å². The Hall–Kier alpha value is -7.17. The normalized spacial score (nSPS) is 18.0. The van der Waals surface area contributed by atoms with E-state index in [0.717, 1.165) is 107 Å². The highest BCUT2D eigenvalue weighted by molar-refractivity contribution is 7.71. The minimum atomic E-state index is -2.72. The van der Waals surface area contributed by atoms with E-state index in [4.69, 9.17) is 14.7 Å². The molecular formula is C53H59FN11O6P. The van der Waals surface area contributed by atoms with Crippen molar-refractivity contribution in [3.8, 4) is 16.9 Å². The van der Waals surface area contributed by atoms with E-state index in [-0.39, 0.29) is 29.7 Å². The molecule has 4 aliphatic rings. The number of amides is 4. The maximum atomic E-state index is 15.6. The summed E-state index contributed by atoms with van der Waals surface area (Å²) in [5, 5.41) is 16.5. The van der Waals surface area contributed by atoms with E-state index in [1.165, 1.54) is 6.07 Å². The topological polar surface area (TPSA) is 187 Å². The number of rotatable bonds is 14. The van der Waals surface area contributed by atoms with Crippen LogP contribution in [0.25, 0.3) is 21.9 Å². The second kappa shape index (κ2) is 19.8. The van der Waals surface area contributed by atoms with Crippen molar-refractivity contribution < 1.29 is 32.9 Å². The fraction of sp³-hybridized carbons (Fsp3) is 0.377. The molecule has 19 heteroatoms. The Bertz CT molecular complexity index is 3180. The molecule has 72 heavy (non-hydrogen) atoms. The van der Waals surface area contributed by atoms with Crippen molar-refractivity contribution in [2.24, 2.45) is 13.0 Å². The second-order valence-electron chi connectivity index (χ2n) is 19.5. The third kappa shape index (κ3) is 9.52. The first-order valence-electron chi connectivity index (χ1n) is 24.6. The Morgan fingerprint density at radius 3 is 2.26 bits per heavy atom. The predicted molar refractivity (Wildman–Crippen MR) is 277 cm³/mol. The maximum Gasteiger partial charge on any atom is 0.262 e. The number of carbonyl (C=O) groups is 4. The van der Waals surface area contributed by atoms with Crippen LogP contribution in [-0.2, 0) is 27.6 Å². The average Bonchev–Trinajstić information content (AvgIpc) is 3.91. The molecule has 3 fully saturated rings. The Kier molecular flexibility index (Phi) is 13.3. The molecule has 1 unspecified atom stereocenters. The Labute approximate surface area is 417 Å². The molecule has 17 nitrogen and oxygen atoms in total. The number of hydrogen-bond acceptors (Lipinski definition) is 14. The van der Waals surface area contributed by atoms with Gasteiger partial charge in [0.2, 0.25) is 17.8 Å². The van der Waals surface area contributed by atoms with Gasteiger partial charge < -0.3 is 29.7 Å². The van der Waals surface area contributed by atoms with Crippen LogP contribution in [0.2, 0.25) is 0 Å².